The van der Waals surface area contributed by atoms with Gasteiger partial charge >= 0.3 is 6.09 Å². The van der Waals surface area contributed by atoms with E-state index in [0.717, 1.165) is 0 Å². The quantitative estimate of drug-likeness (QED) is 0.716. The lowest BCUT2D eigenvalue weighted by atomic mass is 10.3. The molecule has 22 heavy (non-hydrogen) atoms. The molecule has 0 spiro atoms. The Balaban J connectivity index is 2.27. The molecule has 110 valence electrons. The van der Waals surface area contributed by atoms with Gasteiger partial charge < -0.3 is 5.11 Å². The van der Waals surface area contributed by atoms with Crippen molar-refractivity contribution in [3.63, 3.8) is 0 Å². The van der Waals surface area contributed by atoms with Crippen molar-refractivity contribution in [2.75, 3.05) is 5.32 Å². The number of aromatic nitrogens is 4. The fraction of sp³-hybridized carbons (Fsp3) is 0.0714. The Morgan fingerprint density at radius 2 is 1.95 bits per heavy atom. The van der Waals surface area contributed by atoms with E-state index < -0.39 is 6.09 Å². The van der Waals surface area contributed by atoms with Crippen LogP contribution in [0.4, 0.5) is 10.6 Å². The lowest BCUT2D eigenvalue weighted by molar-refractivity contribution is 0.100. The van der Waals surface area contributed by atoms with Crippen LogP contribution in [0.5, 0.6) is 0 Å². The number of hydrogen-bond acceptors (Lipinski definition) is 5. The lowest BCUT2D eigenvalue weighted by Crippen LogP contribution is -2.12. The van der Waals surface area contributed by atoms with Gasteiger partial charge in [-0.15, -0.1) is 0 Å². The van der Waals surface area contributed by atoms with Crippen molar-refractivity contribution in [3.8, 4) is 5.69 Å². The highest BCUT2D eigenvalue weighted by Crippen LogP contribution is 2.24. The number of ketones is 1. The summed E-state index contributed by atoms with van der Waals surface area (Å²) >= 11 is 0. The molecule has 0 aliphatic heterocycles. The molecule has 0 aliphatic carbocycles. The van der Waals surface area contributed by atoms with Crippen molar-refractivity contribution >= 4 is 28.7 Å². The molecule has 3 aromatic rings. The van der Waals surface area contributed by atoms with Gasteiger partial charge in [0, 0.05) is 6.92 Å². The van der Waals surface area contributed by atoms with Crippen LogP contribution in [0, 0.1) is 0 Å². The molecule has 3 rings (SSSR count). The van der Waals surface area contributed by atoms with Crippen LogP contribution in [0.2, 0.25) is 0 Å². The largest absolute Gasteiger partial charge is 0.465 e. The SMILES string of the molecule is CC(=O)c1ncc2nn(-c3ccccc3)c(NC(=O)O)c2n1. The average Bonchev–Trinajstić information content (AvgIpc) is 2.85. The average molecular weight is 297 g/mol. The minimum atomic E-state index is -1.25. The van der Waals surface area contributed by atoms with Gasteiger partial charge in [-0.2, -0.15) is 5.10 Å². The highest BCUT2D eigenvalue weighted by atomic mass is 16.4. The fourth-order valence-electron chi connectivity index (χ4n) is 2.02. The van der Waals surface area contributed by atoms with Crippen LogP contribution in [-0.2, 0) is 0 Å². The van der Waals surface area contributed by atoms with Crippen LogP contribution >= 0.6 is 0 Å². The molecule has 2 heterocycles. The number of carbonyl (C=O) groups excluding carboxylic acids is 1. The number of para-hydroxylation sites is 1. The summed E-state index contributed by atoms with van der Waals surface area (Å²) in [5.41, 5.74) is 1.32. The zero-order valence-corrected chi connectivity index (χ0v) is 11.5. The highest BCUT2D eigenvalue weighted by molar-refractivity contribution is 5.97. The van der Waals surface area contributed by atoms with Gasteiger partial charge in [-0.3, -0.25) is 10.1 Å². The number of rotatable bonds is 3. The van der Waals surface area contributed by atoms with E-state index in [1.807, 2.05) is 6.07 Å². The fourth-order valence-corrected chi connectivity index (χ4v) is 2.02. The second-order valence-corrected chi connectivity index (χ2v) is 4.51. The van der Waals surface area contributed by atoms with Gasteiger partial charge in [-0.1, -0.05) is 18.2 Å². The lowest BCUT2D eigenvalue weighted by Gasteiger charge is -2.06. The van der Waals surface area contributed by atoms with E-state index in [1.165, 1.54) is 17.8 Å². The summed E-state index contributed by atoms with van der Waals surface area (Å²) in [5, 5.41) is 15.6. The molecule has 8 heteroatoms. The van der Waals surface area contributed by atoms with Gasteiger partial charge in [0.25, 0.3) is 0 Å². The summed E-state index contributed by atoms with van der Waals surface area (Å²) in [7, 11) is 0. The molecule has 0 unspecified atom stereocenters. The molecule has 0 aliphatic rings. The molecule has 2 aromatic heterocycles. The standard InChI is InChI=1S/C14H11N5O3/c1-8(20)12-15-7-10-11(16-12)13(17-14(21)22)19(18-10)9-5-3-2-4-6-9/h2-7,17H,1H3,(H,21,22). The van der Waals surface area contributed by atoms with Gasteiger partial charge in [0.15, 0.2) is 17.4 Å². The molecule has 0 fully saturated rings. The van der Waals surface area contributed by atoms with Crippen LogP contribution in [0.1, 0.15) is 17.5 Å². The first-order valence-corrected chi connectivity index (χ1v) is 6.38. The third kappa shape index (κ3) is 2.37. The van der Waals surface area contributed by atoms with Gasteiger partial charge in [0.05, 0.1) is 11.9 Å². The summed E-state index contributed by atoms with van der Waals surface area (Å²) < 4.78 is 1.41. The summed E-state index contributed by atoms with van der Waals surface area (Å²) in [6.45, 7) is 1.34. The van der Waals surface area contributed by atoms with Crippen molar-refractivity contribution in [2.45, 2.75) is 6.92 Å². The normalized spacial score (nSPS) is 10.6. The second-order valence-electron chi connectivity index (χ2n) is 4.51. The molecule has 0 bridgehead atoms. The first-order chi connectivity index (χ1) is 10.6. The number of carboxylic acid groups (broad SMARTS) is 1. The highest BCUT2D eigenvalue weighted by Gasteiger charge is 2.18. The molecule has 1 amide bonds. The molecule has 0 atom stereocenters. The van der Waals surface area contributed by atoms with E-state index in [1.54, 1.807) is 24.3 Å². The maximum atomic E-state index is 11.4. The zero-order valence-electron chi connectivity index (χ0n) is 11.5. The Labute approximate surface area is 124 Å². The number of carbonyl (C=O) groups is 2. The van der Waals surface area contributed by atoms with E-state index in [-0.39, 0.29) is 22.9 Å². The van der Waals surface area contributed by atoms with Gasteiger partial charge in [0.1, 0.15) is 11.0 Å². The van der Waals surface area contributed by atoms with E-state index in [9.17, 15) is 9.59 Å². The predicted molar refractivity (Wildman–Crippen MR) is 78.3 cm³/mol. The maximum Gasteiger partial charge on any atom is 0.410 e. The summed E-state index contributed by atoms with van der Waals surface area (Å²) in [5.74, 6) is -0.136. The molecule has 2 N–H and O–H groups in total. The van der Waals surface area contributed by atoms with Gasteiger partial charge in [-0.05, 0) is 12.1 Å². The molecular formula is C14H11N5O3. The Morgan fingerprint density at radius 3 is 2.59 bits per heavy atom. The molecule has 1 aromatic carbocycles. The summed E-state index contributed by atoms with van der Waals surface area (Å²) in [6.07, 6.45) is 0.146. The van der Waals surface area contributed by atoms with Crippen LogP contribution in [0.15, 0.2) is 36.5 Å². The van der Waals surface area contributed by atoms with Crippen LogP contribution in [0.3, 0.4) is 0 Å². The van der Waals surface area contributed by atoms with Gasteiger partial charge in [-0.25, -0.2) is 19.4 Å². The third-order valence-corrected chi connectivity index (χ3v) is 2.95. The zero-order chi connectivity index (χ0) is 15.7. The minimum Gasteiger partial charge on any atom is -0.465 e. The molecule has 0 radical (unpaired) electrons. The maximum absolute atomic E-state index is 11.4. The summed E-state index contributed by atoms with van der Waals surface area (Å²) in [4.78, 5) is 30.5. The Morgan fingerprint density at radius 1 is 1.23 bits per heavy atom. The Hall–Kier alpha value is -3.29. The number of benzene rings is 1. The first-order valence-electron chi connectivity index (χ1n) is 6.38. The van der Waals surface area contributed by atoms with Crippen molar-refractivity contribution in [1.29, 1.82) is 0 Å². The first kappa shape index (κ1) is 13.7. The van der Waals surface area contributed by atoms with E-state index in [4.69, 9.17) is 5.11 Å². The van der Waals surface area contributed by atoms with E-state index in [2.05, 4.69) is 20.4 Å². The molecule has 0 saturated heterocycles. The van der Waals surface area contributed by atoms with Crippen molar-refractivity contribution in [1.82, 2.24) is 19.7 Å². The Bertz CT molecular complexity index is 873. The van der Waals surface area contributed by atoms with Gasteiger partial charge in [0.2, 0.25) is 0 Å². The number of anilines is 1. The van der Waals surface area contributed by atoms with Crippen LogP contribution in [0.25, 0.3) is 16.7 Å². The minimum absolute atomic E-state index is 0.00792. The van der Waals surface area contributed by atoms with E-state index >= 15 is 0 Å². The number of nitrogens with zero attached hydrogens (tertiary/aromatic N) is 4. The van der Waals surface area contributed by atoms with E-state index in [0.29, 0.717) is 11.2 Å². The second kappa shape index (κ2) is 5.24. The van der Waals surface area contributed by atoms with Crippen molar-refractivity contribution < 1.29 is 14.7 Å². The topological polar surface area (TPSA) is 110 Å². The molecule has 0 saturated carbocycles. The molecule has 8 nitrogen and oxygen atoms in total. The third-order valence-electron chi connectivity index (χ3n) is 2.95. The van der Waals surface area contributed by atoms with Crippen LogP contribution < -0.4 is 5.32 Å². The number of Topliss-reactive ketones (excluding diaryl/α,β-unsaturated/α-hetero) is 1. The van der Waals surface area contributed by atoms with Crippen molar-refractivity contribution in [2.24, 2.45) is 0 Å². The number of nitrogens with one attached hydrogen (secondary N) is 1. The predicted octanol–water partition coefficient (Wildman–Crippen LogP) is 2.11. The Kier molecular flexibility index (Phi) is 3.26. The van der Waals surface area contributed by atoms with Crippen molar-refractivity contribution in [3.05, 3.63) is 42.4 Å². The monoisotopic (exact) mass is 297 g/mol. The number of hydrogen-bond donors (Lipinski definition) is 2. The summed E-state index contributed by atoms with van der Waals surface area (Å²) in [6, 6.07) is 9.00. The number of amides is 1. The van der Waals surface area contributed by atoms with Crippen LogP contribution in [-0.4, -0.2) is 36.7 Å². The number of fused-ring (bicyclic) bond motifs is 1. The smallest absolute Gasteiger partial charge is 0.410 e. The molecular weight excluding hydrogens is 286 g/mol.